The van der Waals surface area contributed by atoms with Crippen molar-refractivity contribution >= 4 is 11.8 Å². The summed E-state index contributed by atoms with van der Waals surface area (Å²) in [6, 6.07) is 3.37. The molecule has 18 heavy (non-hydrogen) atoms. The van der Waals surface area contributed by atoms with Gasteiger partial charge in [-0.2, -0.15) is 0 Å². The van der Waals surface area contributed by atoms with Crippen LogP contribution in [0.15, 0.2) is 18.3 Å². The Hall–Kier alpha value is -1.95. The molecule has 1 saturated heterocycles. The number of nitrogens with one attached hydrogen (secondary N) is 1. The molecule has 0 radical (unpaired) electrons. The number of carbonyl (C=O) groups excluding carboxylic acids is 2. The Kier molecular flexibility index (Phi) is 3.88. The Labute approximate surface area is 105 Å². The van der Waals surface area contributed by atoms with Crippen LogP contribution in [0.2, 0.25) is 0 Å². The average Bonchev–Trinajstić information content (AvgIpc) is 2.63. The molecule has 0 atom stereocenters. The van der Waals surface area contributed by atoms with E-state index in [9.17, 15) is 9.59 Å². The van der Waals surface area contributed by atoms with Gasteiger partial charge < -0.3 is 16.0 Å². The SMILES string of the molecule is NCc1cc(C(=O)N2CCNC(=O)CC2)ccn1. The Bertz CT molecular complexity index is 461. The molecule has 2 rings (SSSR count). The number of pyridine rings is 1. The molecule has 0 saturated carbocycles. The van der Waals surface area contributed by atoms with Gasteiger partial charge in [0.2, 0.25) is 5.91 Å². The fraction of sp³-hybridized carbons (Fsp3) is 0.417. The highest BCUT2D eigenvalue weighted by Crippen LogP contribution is 2.08. The van der Waals surface area contributed by atoms with Gasteiger partial charge in [-0.25, -0.2) is 0 Å². The maximum Gasteiger partial charge on any atom is 0.254 e. The highest BCUT2D eigenvalue weighted by Gasteiger charge is 2.19. The number of carbonyl (C=O) groups is 2. The summed E-state index contributed by atoms with van der Waals surface area (Å²) in [5.41, 5.74) is 6.75. The largest absolute Gasteiger partial charge is 0.354 e. The molecule has 0 unspecified atom stereocenters. The average molecular weight is 248 g/mol. The molecule has 6 heteroatoms. The predicted octanol–water partition coefficient (Wildman–Crippen LogP) is -0.498. The minimum atomic E-state index is -0.0800. The van der Waals surface area contributed by atoms with Crippen LogP contribution < -0.4 is 11.1 Å². The van der Waals surface area contributed by atoms with Crippen molar-refractivity contribution in [2.45, 2.75) is 13.0 Å². The molecule has 1 aliphatic heterocycles. The van der Waals surface area contributed by atoms with Gasteiger partial charge in [0.05, 0.1) is 5.69 Å². The van der Waals surface area contributed by atoms with E-state index in [0.717, 1.165) is 0 Å². The molecule has 1 aromatic heterocycles. The van der Waals surface area contributed by atoms with E-state index in [4.69, 9.17) is 5.73 Å². The summed E-state index contributed by atoms with van der Waals surface area (Å²) in [5, 5.41) is 2.74. The number of nitrogens with zero attached hydrogens (tertiary/aromatic N) is 2. The van der Waals surface area contributed by atoms with Crippen molar-refractivity contribution in [1.29, 1.82) is 0 Å². The van der Waals surface area contributed by atoms with Crippen LogP contribution >= 0.6 is 0 Å². The van der Waals surface area contributed by atoms with Gasteiger partial charge in [-0.05, 0) is 12.1 Å². The van der Waals surface area contributed by atoms with Crippen LogP contribution in [0.4, 0.5) is 0 Å². The fourth-order valence-corrected chi connectivity index (χ4v) is 1.88. The smallest absolute Gasteiger partial charge is 0.254 e. The molecule has 96 valence electrons. The number of hydrogen-bond acceptors (Lipinski definition) is 4. The van der Waals surface area contributed by atoms with Crippen LogP contribution in [0.1, 0.15) is 22.5 Å². The molecule has 0 bridgehead atoms. The summed E-state index contributed by atoms with van der Waals surface area (Å²) in [6.07, 6.45) is 1.93. The first-order valence-electron chi connectivity index (χ1n) is 5.91. The molecule has 0 spiro atoms. The van der Waals surface area contributed by atoms with Crippen LogP contribution in [-0.4, -0.2) is 41.3 Å². The molecular formula is C12H16N4O2. The van der Waals surface area contributed by atoms with Gasteiger partial charge in [-0.3, -0.25) is 14.6 Å². The monoisotopic (exact) mass is 248 g/mol. The molecular weight excluding hydrogens is 232 g/mol. The zero-order valence-electron chi connectivity index (χ0n) is 10.1. The third-order valence-corrected chi connectivity index (χ3v) is 2.87. The molecule has 2 heterocycles. The van der Waals surface area contributed by atoms with Crippen LogP contribution in [0.3, 0.4) is 0 Å². The second-order valence-corrected chi connectivity index (χ2v) is 4.13. The lowest BCUT2D eigenvalue weighted by atomic mass is 10.2. The molecule has 1 fully saturated rings. The summed E-state index contributed by atoms with van der Waals surface area (Å²) in [4.78, 5) is 29.2. The van der Waals surface area contributed by atoms with Gasteiger partial charge in [-0.1, -0.05) is 0 Å². The number of hydrogen-bond donors (Lipinski definition) is 2. The zero-order chi connectivity index (χ0) is 13.0. The van der Waals surface area contributed by atoms with Crippen LogP contribution in [0.5, 0.6) is 0 Å². The summed E-state index contributed by atoms with van der Waals surface area (Å²) >= 11 is 0. The molecule has 6 nitrogen and oxygen atoms in total. The quantitative estimate of drug-likeness (QED) is 0.738. The normalized spacial score (nSPS) is 16.1. The molecule has 0 aromatic carbocycles. The molecule has 2 amide bonds. The Morgan fingerprint density at radius 2 is 2.33 bits per heavy atom. The summed E-state index contributed by atoms with van der Waals surface area (Å²) in [7, 11) is 0. The Morgan fingerprint density at radius 1 is 1.50 bits per heavy atom. The van der Waals surface area contributed by atoms with E-state index in [-0.39, 0.29) is 11.8 Å². The molecule has 1 aliphatic rings. The van der Waals surface area contributed by atoms with Crippen LogP contribution in [0.25, 0.3) is 0 Å². The van der Waals surface area contributed by atoms with Gasteiger partial charge >= 0.3 is 0 Å². The van der Waals surface area contributed by atoms with Crippen molar-refractivity contribution in [3.8, 4) is 0 Å². The van der Waals surface area contributed by atoms with Crippen molar-refractivity contribution in [2.24, 2.45) is 5.73 Å². The zero-order valence-corrected chi connectivity index (χ0v) is 10.1. The second kappa shape index (κ2) is 5.59. The minimum absolute atomic E-state index is 0.0114. The van der Waals surface area contributed by atoms with E-state index >= 15 is 0 Å². The lowest BCUT2D eigenvalue weighted by Crippen LogP contribution is -2.34. The van der Waals surface area contributed by atoms with E-state index in [2.05, 4.69) is 10.3 Å². The van der Waals surface area contributed by atoms with Gasteiger partial charge in [0.15, 0.2) is 0 Å². The standard InChI is InChI=1S/C12H16N4O2/c13-8-10-7-9(1-3-14-10)12(18)16-5-2-11(17)15-4-6-16/h1,3,7H,2,4-6,8,13H2,(H,15,17). The summed E-state index contributed by atoms with van der Waals surface area (Å²) < 4.78 is 0. The topological polar surface area (TPSA) is 88.3 Å². The van der Waals surface area contributed by atoms with Crippen molar-refractivity contribution in [2.75, 3.05) is 19.6 Å². The van der Waals surface area contributed by atoms with Crippen molar-refractivity contribution in [3.05, 3.63) is 29.6 Å². The number of aromatic nitrogens is 1. The predicted molar refractivity (Wildman–Crippen MR) is 65.7 cm³/mol. The Balaban J connectivity index is 2.12. The highest BCUT2D eigenvalue weighted by molar-refractivity contribution is 5.94. The van der Waals surface area contributed by atoms with E-state index in [0.29, 0.717) is 43.9 Å². The molecule has 0 aliphatic carbocycles. The second-order valence-electron chi connectivity index (χ2n) is 4.13. The van der Waals surface area contributed by atoms with E-state index in [1.165, 1.54) is 0 Å². The van der Waals surface area contributed by atoms with Crippen molar-refractivity contribution < 1.29 is 9.59 Å². The van der Waals surface area contributed by atoms with E-state index in [1.807, 2.05) is 0 Å². The van der Waals surface area contributed by atoms with Gasteiger partial charge in [0, 0.05) is 44.4 Å². The van der Waals surface area contributed by atoms with Crippen molar-refractivity contribution in [1.82, 2.24) is 15.2 Å². The Morgan fingerprint density at radius 3 is 3.11 bits per heavy atom. The van der Waals surface area contributed by atoms with Gasteiger partial charge in [0.25, 0.3) is 5.91 Å². The van der Waals surface area contributed by atoms with Gasteiger partial charge in [0.1, 0.15) is 0 Å². The van der Waals surface area contributed by atoms with Crippen LogP contribution in [0, 0.1) is 0 Å². The first kappa shape index (κ1) is 12.5. The lowest BCUT2D eigenvalue weighted by molar-refractivity contribution is -0.120. The maximum atomic E-state index is 12.2. The fourth-order valence-electron chi connectivity index (χ4n) is 1.88. The van der Waals surface area contributed by atoms with E-state index in [1.54, 1.807) is 23.2 Å². The third kappa shape index (κ3) is 2.84. The number of nitrogens with two attached hydrogens (primary N) is 1. The highest BCUT2D eigenvalue weighted by atomic mass is 16.2. The van der Waals surface area contributed by atoms with E-state index < -0.39 is 0 Å². The van der Waals surface area contributed by atoms with Crippen LogP contribution in [-0.2, 0) is 11.3 Å². The van der Waals surface area contributed by atoms with Gasteiger partial charge in [-0.15, -0.1) is 0 Å². The molecule has 1 aromatic rings. The number of rotatable bonds is 2. The summed E-state index contributed by atoms with van der Waals surface area (Å²) in [5.74, 6) is -0.0914. The first-order chi connectivity index (χ1) is 8.70. The summed E-state index contributed by atoms with van der Waals surface area (Å²) in [6.45, 7) is 1.79. The first-order valence-corrected chi connectivity index (χ1v) is 5.91. The molecule has 3 N–H and O–H groups in total. The number of amides is 2. The maximum absolute atomic E-state index is 12.2. The third-order valence-electron chi connectivity index (χ3n) is 2.87. The van der Waals surface area contributed by atoms with Crippen molar-refractivity contribution in [3.63, 3.8) is 0 Å². The lowest BCUT2D eigenvalue weighted by Gasteiger charge is -2.19. The minimum Gasteiger partial charge on any atom is -0.354 e.